The van der Waals surface area contributed by atoms with Crippen molar-refractivity contribution in [3.05, 3.63) is 36.0 Å². The lowest BCUT2D eigenvalue weighted by Crippen LogP contribution is -2.60. The van der Waals surface area contributed by atoms with Gasteiger partial charge in [-0.15, -0.1) is 0 Å². The molecule has 1 aromatic carbocycles. The standard InChI is InChI=1S/C39H59N11O13S2/c1-19(2)10-24(44-31(54)13-40)35(58)48-27(16-51)33(56)43-15-32(55)45-25(11-20-14-42-22-7-5-4-6-21(20)22)36(59)46-23(8-9-65-3)34(57)50-29(18-64)38(61)49-28(17-52)37(60)47-26(39(62)63)12-30(41)53/h4-7,14,19,23-29,42,51-52,64H,8-13,15-18,40H2,1-3H3,(H2,41,53)(H,43,56)(H,44,54)(H,45,55)(H,46,59)(H,47,60)(H,48,58)(H,49,61)(H,50,57)(H,62,63)/t23-,24-,25-,26-,27-,28-,29-/m0/s1. The van der Waals surface area contributed by atoms with Gasteiger partial charge in [0.2, 0.25) is 53.2 Å². The fourth-order valence-electron chi connectivity index (χ4n) is 6.07. The topological polar surface area (TPSA) is 395 Å². The fourth-order valence-corrected chi connectivity index (χ4v) is 6.80. The van der Waals surface area contributed by atoms with Crippen molar-refractivity contribution in [2.24, 2.45) is 17.4 Å². The second-order valence-electron chi connectivity index (χ2n) is 15.0. The van der Waals surface area contributed by atoms with Gasteiger partial charge in [-0.25, -0.2) is 4.79 Å². The molecule has 2 rings (SSSR count). The number of nitrogens with one attached hydrogen (secondary N) is 9. The summed E-state index contributed by atoms with van der Waals surface area (Å²) in [6, 6.07) is -3.15. The Hall–Kier alpha value is -5.96. The molecule has 0 bridgehead atoms. The number of rotatable bonds is 29. The Labute approximate surface area is 383 Å². The van der Waals surface area contributed by atoms with Crippen LogP contribution in [0.5, 0.6) is 0 Å². The number of hydrogen-bond acceptors (Lipinski definition) is 15. The van der Waals surface area contributed by atoms with Crippen molar-refractivity contribution >= 4 is 94.4 Å². The first-order chi connectivity index (χ1) is 30.8. The van der Waals surface area contributed by atoms with Crippen LogP contribution in [0.25, 0.3) is 10.9 Å². The summed E-state index contributed by atoms with van der Waals surface area (Å²) in [5.41, 5.74) is 11.7. The third-order valence-corrected chi connectivity index (χ3v) is 10.4. The van der Waals surface area contributed by atoms with E-state index >= 15 is 0 Å². The highest BCUT2D eigenvalue weighted by atomic mass is 32.2. The molecule has 24 nitrogen and oxygen atoms in total. The van der Waals surface area contributed by atoms with Crippen LogP contribution in [0.4, 0.5) is 0 Å². The number of benzene rings is 1. The number of H-pyrrole nitrogens is 1. The monoisotopic (exact) mass is 953 g/mol. The number of aliphatic hydroxyl groups is 2. The van der Waals surface area contributed by atoms with Crippen LogP contribution in [0.15, 0.2) is 30.5 Å². The number of nitrogens with two attached hydrogens (primary N) is 2. The SMILES string of the molecule is CSCC[C@H](NC(=O)[C@H](Cc1c[nH]c2ccccc12)NC(=O)CNC(=O)[C@H](CO)NC(=O)[C@H](CC(C)C)NC(=O)CN)C(=O)N[C@@H](CS)C(=O)N[C@@H](CO)C(=O)N[C@@H](CC(N)=O)C(=O)O. The molecule has 360 valence electrons. The van der Waals surface area contributed by atoms with E-state index in [1.165, 1.54) is 11.8 Å². The zero-order valence-corrected chi connectivity index (χ0v) is 37.7. The van der Waals surface area contributed by atoms with Crippen molar-refractivity contribution in [2.75, 3.05) is 44.1 Å². The Morgan fingerprint density at radius 1 is 0.708 bits per heavy atom. The lowest BCUT2D eigenvalue weighted by Gasteiger charge is -2.26. The van der Waals surface area contributed by atoms with E-state index in [9.17, 15) is 63.3 Å². The molecule has 0 radical (unpaired) electrons. The number of carbonyl (C=O) groups is 10. The Kier molecular flexibility index (Phi) is 23.8. The minimum Gasteiger partial charge on any atom is -0.480 e. The molecule has 0 unspecified atom stereocenters. The third-order valence-electron chi connectivity index (χ3n) is 9.43. The number of aromatic nitrogens is 1. The molecule has 1 heterocycles. The van der Waals surface area contributed by atoms with Gasteiger partial charge >= 0.3 is 5.97 Å². The van der Waals surface area contributed by atoms with Crippen molar-refractivity contribution in [1.82, 2.24) is 47.5 Å². The van der Waals surface area contributed by atoms with Crippen LogP contribution in [-0.2, 0) is 54.4 Å². The van der Waals surface area contributed by atoms with E-state index in [2.05, 4.69) is 54.8 Å². The number of para-hydroxylation sites is 1. The number of carboxylic acids is 1. The zero-order chi connectivity index (χ0) is 48.8. The summed E-state index contributed by atoms with van der Waals surface area (Å²) >= 11 is 5.45. The molecule has 65 heavy (non-hydrogen) atoms. The maximum Gasteiger partial charge on any atom is 0.326 e. The molecule has 16 N–H and O–H groups in total. The molecule has 0 saturated carbocycles. The van der Waals surface area contributed by atoms with Gasteiger partial charge in [-0.2, -0.15) is 24.4 Å². The summed E-state index contributed by atoms with van der Waals surface area (Å²) in [5.74, 6) is -9.88. The van der Waals surface area contributed by atoms with E-state index in [0.717, 1.165) is 5.52 Å². The minimum atomic E-state index is -1.76. The van der Waals surface area contributed by atoms with E-state index in [1.807, 2.05) is 5.32 Å². The lowest BCUT2D eigenvalue weighted by atomic mass is 10.0. The predicted octanol–water partition coefficient (Wildman–Crippen LogP) is -5.15. The van der Waals surface area contributed by atoms with Crippen LogP contribution < -0.4 is 54.0 Å². The molecule has 7 atom stereocenters. The van der Waals surface area contributed by atoms with Gasteiger partial charge in [-0.05, 0) is 42.4 Å². The highest BCUT2D eigenvalue weighted by Gasteiger charge is 2.33. The number of hydrogen-bond donors (Lipinski definition) is 15. The van der Waals surface area contributed by atoms with Gasteiger partial charge in [0.05, 0.1) is 32.7 Å². The van der Waals surface area contributed by atoms with Gasteiger partial charge in [0.1, 0.15) is 42.3 Å². The van der Waals surface area contributed by atoms with Crippen molar-refractivity contribution in [3.8, 4) is 0 Å². The fraction of sp³-hybridized carbons (Fsp3) is 0.538. The van der Waals surface area contributed by atoms with E-state index in [1.54, 1.807) is 50.6 Å². The Balaban J connectivity index is 2.27. The molecule has 0 spiro atoms. The number of primary amides is 1. The Morgan fingerprint density at radius 2 is 1.23 bits per heavy atom. The van der Waals surface area contributed by atoms with E-state index < -0.39 is 128 Å². The van der Waals surface area contributed by atoms with Gasteiger partial charge < -0.3 is 74.3 Å². The molecule has 1 aromatic heterocycles. The number of carbonyl (C=O) groups excluding carboxylic acids is 9. The van der Waals surface area contributed by atoms with Crippen LogP contribution in [0.1, 0.15) is 38.7 Å². The maximum absolute atomic E-state index is 14.1. The molecule has 9 amide bonds. The smallest absolute Gasteiger partial charge is 0.326 e. The molecule has 0 fully saturated rings. The normalized spacial score (nSPS) is 14.3. The van der Waals surface area contributed by atoms with Crippen LogP contribution in [0, 0.1) is 5.92 Å². The highest BCUT2D eigenvalue weighted by molar-refractivity contribution is 7.98. The summed E-state index contributed by atoms with van der Waals surface area (Å²) < 4.78 is 0. The number of aliphatic carboxylic acids is 1. The van der Waals surface area contributed by atoms with Crippen molar-refractivity contribution in [2.45, 2.75) is 81.8 Å². The zero-order valence-electron chi connectivity index (χ0n) is 36.0. The Morgan fingerprint density at radius 3 is 1.80 bits per heavy atom. The van der Waals surface area contributed by atoms with Crippen LogP contribution in [0.2, 0.25) is 0 Å². The average Bonchev–Trinajstić information content (AvgIpc) is 3.67. The molecule has 0 saturated heterocycles. The number of carboxylic acid groups (broad SMARTS) is 1. The van der Waals surface area contributed by atoms with Crippen molar-refractivity contribution in [3.63, 3.8) is 0 Å². The number of fused-ring (bicyclic) bond motifs is 1. The Bertz CT molecular complexity index is 2000. The quantitative estimate of drug-likeness (QED) is 0.0339. The van der Waals surface area contributed by atoms with Crippen LogP contribution in [0.3, 0.4) is 0 Å². The summed E-state index contributed by atoms with van der Waals surface area (Å²) in [7, 11) is 0. The average molecular weight is 954 g/mol. The number of aliphatic hydroxyl groups excluding tert-OH is 2. The van der Waals surface area contributed by atoms with Gasteiger partial charge in [0.15, 0.2) is 0 Å². The maximum atomic E-state index is 14.1. The molecule has 0 aliphatic carbocycles. The van der Waals surface area contributed by atoms with Gasteiger partial charge in [0.25, 0.3) is 0 Å². The second kappa shape index (κ2) is 28.1. The first-order valence-corrected chi connectivity index (χ1v) is 22.3. The first-order valence-electron chi connectivity index (χ1n) is 20.2. The summed E-state index contributed by atoms with van der Waals surface area (Å²) in [4.78, 5) is 131. The second-order valence-corrected chi connectivity index (χ2v) is 16.3. The molecule has 26 heteroatoms. The first kappa shape index (κ1) is 55.2. The molecule has 0 aliphatic rings. The summed E-state index contributed by atoms with van der Waals surface area (Å²) in [6.07, 6.45) is 2.67. The van der Waals surface area contributed by atoms with E-state index in [4.69, 9.17) is 11.5 Å². The van der Waals surface area contributed by atoms with Gasteiger partial charge in [-0.3, -0.25) is 43.2 Å². The van der Waals surface area contributed by atoms with Gasteiger partial charge in [0, 0.05) is 29.3 Å². The van der Waals surface area contributed by atoms with Gasteiger partial charge in [-0.1, -0.05) is 32.0 Å². The number of thiol groups is 1. The van der Waals surface area contributed by atoms with Crippen molar-refractivity contribution < 1.29 is 63.3 Å². The van der Waals surface area contributed by atoms with Crippen LogP contribution in [-0.4, -0.2) is 166 Å². The number of thioether (sulfide) groups is 1. The number of amides is 9. The van der Waals surface area contributed by atoms with Crippen molar-refractivity contribution in [1.29, 1.82) is 0 Å². The lowest BCUT2D eigenvalue weighted by molar-refractivity contribution is -0.144. The van der Waals surface area contributed by atoms with E-state index in [0.29, 0.717) is 16.7 Å². The molecule has 0 aliphatic heterocycles. The molecular weight excluding hydrogens is 895 g/mol. The molecular formula is C39H59N11O13S2. The highest BCUT2D eigenvalue weighted by Crippen LogP contribution is 2.19. The minimum absolute atomic E-state index is 0.0176. The molecule has 2 aromatic rings. The predicted molar refractivity (Wildman–Crippen MR) is 240 cm³/mol. The summed E-state index contributed by atoms with van der Waals surface area (Å²) in [5, 5.41) is 48.7. The summed E-state index contributed by atoms with van der Waals surface area (Å²) in [6.45, 7) is 0.601. The third kappa shape index (κ3) is 18.6. The van der Waals surface area contributed by atoms with E-state index in [-0.39, 0.29) is 37.5 Å². The number of aromatic amines is 1. The largest absolute Gasteiger partial charge is 0.480 e. The van der Waals surface area contributed by atoms with Crippen LogP contribution >= 0.6 is 24.4 Å².